The van der Waals surface area contributed by atoms with E-state index in [-0.39, 0.29) is 11.5 Å². The Balaban J connectivity index is 1.21. The molecule has 2 heterocycles. The summed E-state index contributed by atoms with van der Waals surface area (Å²) in [5.41, 5.74) is 3.42. The molecule has 6 nitrogen and oxygen atoms in total. The van der Waals surface area contributed by atoms with E-state index in [1.54, 1.807) is 4.57 Å². The normalized spacial score (nSPS) is 14.9. The van der Waals surface area contributed by atoms with Gasteiger partial charge in [-0.15, -0.1) is 0 Å². The molecule has 180 valence electrons. The Morgan fingerprint density at radius 1 is 0.971 bits per heavy atom. The molecule has 1 aromatic heterocycles. The summed E-state index contributed by atoms with van der Waals surface area (Å²) in [7, 11) is 0. The van der Waals surface area contributed by atoms with E-state index in [2.05, 4.69) is 41.1 Å². The Morgan fingerprint density at radius 3 is 2.62 bits per heavy atom. The summed E-state index contributed by atoms with van der Waals surface area (Å²) in [6.45, 7) is 7.27. The highest BCUT2D eigenvalue weighted by Crippen LogP contribution is 2.14. The van der Waals surface area contributed by atoms with Crippen LogP contribution in [0, 0.1) is 11.7 Å². The number of aromatic amines is 1. The van der Waals surface area contributed by atoms with Crippen LogP contribution in [0.1, 0.15) is 43.2 Å². The van der Waals surface area contributed by atoms with Gasteiger partial charge in [-0.2, -0.15) is 0 Å². The highest BCUT2D eigenvalue weighted by atomic mass is 32.1. The minimum Gasteiger partial charge on any atom is -0.341 e. The molecule has 1 aliphatic rings. The van der Waals surface area contributed by atoms with E-state index in [4.69, 9.17) is 12.2 Å². The number of aromatic nitrogens is 2. The minimum absolute atomic E-state index is 0.0461. The van der Waals surface area contributed by atoms with Crippen LogP contribution in [0.4, 0.5) is 0 Å². The summed E-state index contributed by atoms with van der Waals surface area (Å²) < 4.78 is 2.09. The van der Waals surface area contributed by atoms with E-state index in [0.29, 0.717) is 23.1 Å². The van der Waals surface area contributed by atoms with Crippen molar-refractivity contribution < 1.29 is 4.79 Å². The molecule has 3 aromatic rings. The van der Waals surface area contributed by atoms with Crippen molar-refractivity contribution >= 4 is 29.0 Å². The second-order valence-electron chi connectivity index (χ2n) is 9.18. The van der Waals surface area contributed by atoms with E-state index >= 15 is 0 Å². The number of unbranched alkanes of at least 4 members (excludes halogenated alkanes) is 2. The lowest BCUT2D eigenvalue weighted by atomic mass is 10.1. The maximum Gasteiger partial charge on any atom is 0.262 e. The first kappa shape index (κ1) is 24.4. The fraction of sp³-hybridized carbons (Fsp3) is 0.444. The standard InChI is InChI=1S/C27H34N4O2S/c1-21-10-4-5-11-22(21)20-29-15-9-16-30(19-18-29)25(32)14-3-2-8-17-31-26(33)23-12-6-7-13-24(23)28-27(31)34/h4-7,10-13H,2-3,8-9,14-20H2,1H3,(H,28,34). The smallest absolute Gasteiger partial charge is 0.262 e. The highest BCUT2D eigenvalue weighted by molar-refractivity contribution is 7.71. The van der Waals surface area contributed by atoms with Crippen molar-refractivity contribution in [1.82, 2.24) is 19.4 Å². The van der Waals surface area contributed by atoms with Crippen molar-refractivity contribution in [2.45, 2.75) is 52.1 Å². The van der Waals surface area contributed by atoms with Crippen LogP contribution in [0.2, 0.25) is 0 Å². The highest BCUT2D eigenvalue weighted by Gasteiger charge is 2.19. The number of hydrogen-bond acceptors (Lipinski definition) is 4. The summed E-state index contributed by atoms with van der Waals surface area (Å²) >= 11 is 5.39. The van der Waals surface area contributed by atoms with Crippen LogP contribution < -0.4 is 5.56 Å². The summed E-state index contributed by atoms with van der Waals surface area (Å²) in [5, 5.41) is 0.656. The van der Waals surface area contributed by atoms with Gasteiger partial charge in [0.05, 0.1) is 10.9 Å². The van der Waals surface area contributed by atoms with E-state index in [0.717, 1.165) is 63.9 Å². The van der Waals surface area contributed by atoms with Gasteiger partial charge in [-0.1, -0.05) is 42.8 Å². The van der Waals surface area contributed by atoms with Crippen LogP contribution in [0.25, 0.3) is 10.9 Å². The van der Waals surface area contributed by atoms with Crippen LogP contribution >= 0.6 is 12.2 Å². The van der Waals surface area contributed by atoms with Crippen LogP contribution in [-0.4, -0.2) is 51.4 Å². The maximum atomic E-state index is 12.8. The number of aryl methyl sites for hydroxylation is 1. The first-order chi connectivity index (χ1) is 16.5. The molecule has 1 fully saturated rings. The van der Waals surface area contributed by atoms with E-state index < -0.39 is 0 Å². The molecule has 0 bridgehead atoms. The predicted molar refractivity (Wildman–Crippen MR) is 140 cm³/mol. The first-order valence-electron chi connectivity index (χ1n) is 12.3. The van der Waals surface area contributed by atoms with Crippen molar-refractivity contribution in [3.05, 3.63) is 74.8 Å². The maximum absolute atomic E-state index is 12.8. The lowest BCUT2D eigenvalue weighted by molar-refractivity contribution is -0.131. The summed E-state index contributed by atoms with van der Waals surface area (Å²) in [6, 6.07) is 16.0. The van der Waals surface area contributed by atoms with E-state index in [1.807, 2.05) is 29.2 Å². The number of benzene rings is 2. The molecule has 4 rings (SSSR count). The van der Waals surface area contributed by atoms with Crippen molar-refractivity contribution in [3.8, 4) is 0 Å². The molecule has 0 unspecified atom stereocenters. The molecular formula is C27H34N4O2S. The molecule has 0 saturated carbocycles. The summed E-state index contributed by atoms with van der Waals surface area (Å²) in [4.78, 5) is 33.2. The van der Waals surface area contributed by atoms with Gasteiger partial charge in [0, 0.05) is 45.7 Å². The molecule has 0 atom stereocenters. The van der Waals surface area contributed by atoms with Gasteiger partial charge < -0.3 is 9.88 Å². The Hall–Kier alpha value is -2.77. The second-order valence-corrected chi connectivity index (χ2v) is 9.57. The summed E-state index contributed by atoms with van der Waals surface area (Å²) in [6.07, 6.45) is 4.14. The number of carbonyl (C=O) groups excluding carboxylic acids is 1. The lowest BCUT2D eigenvalue weighted by Crippen LogP contribution is -2.35. The average molecular weight is 479 g/mol. The van der Waals surface area contributed by atoms with Gasteiger partial charge in [0.2, 0.25) is 5.91 Å². The van der Waals surface area contributed by atoms with Crippen LogP contribution in [0.5, 0.6) is 0 Å². The summed E-state index contributed by atoms with van der Waals surface area (Å²) in [5.74, 6) is 0.248. The average Bonchev–Trinajstić information content (AvgIpc) is 3.08. The van der Waals surface area contributed by atoms with Gasteiger partial charge in [-0.05, 0) is 61.7 Å². The Kier molecular flexibility index (Phi) is 8.29. The van der Waals surface area contributed by atoms with Gasteiger partial charge in [0.15, 0.2) is 4.77 Å². The number of nitrogens with one attached hydrogen (secondary N) is 1. The fourth-order valence-electron chi connectivity index (χ4n) is 4.69. The van der Waals surface area contributed by atoms with Crippen LogP contribution in [0.15, 0.2) is 53.3 Å². The predicted octanol–water partition coefficient (Wildman–Crippen LogP) is 4.66. The van der Waals surface area contributed by atoms with E-state index in [1.165, 1.54) is 11.1 Å². The van der Waals surface area contributed by atoms with Crippen molar-refractivity contribution in [1.29, 1.82) is 0 Å². The number of hydrogen-bond donors (Lipinski definition) is 1. The lowest BCUT2D eigenvalue weighted by Gasteiger charge is -2.22. The van der Waals surface area contributed by atoms with Gasteiger partial charge in [-0.25, -0.2) is 0 Å². The molecule has 1 saturated heterocycles. The number of amides is 1. The van der Waals surface area contributed by atoms with Gasteiger partial charge >= 0.3 is 0 Å². The monoisotopic (exact) mass is 478 g/mol. The SMILES string of the molecule is Cc1ccccc1CN1CCCN(C(=O)CCCCCn2c(=S)[nH]c3ccccc3c2=O)CC1. The zero-order valence-corrected chi connectivity index (χ0v) is 20.8. The van der Waals surface area contributed by atoms with E-state index in [9.17, 15) is 9.59 Å². The molecule has 7 heteroatoms. The Bertz CT molecular complexity index is 1250. The van der Waals surface area contributed by atoms with Crippen LogP contribution in [-0.2, 0) is 17.9 Å². The van der Waals surface area contributed by atoms with Crippen molar-refractivity contribution in [2.75, 3.05) is 26.2 Å². The number of H-pyrrole nitrogens is 1. The van der Waals surface area contributed by atoms with Gasteiger partial charge in [0.25, 0.3) is 5.56 Å². The topological polar surface area (TPSA) is 61.3 Å². The number of para-hydroxylation sites is 1. The van der Waals surface area contributed by atoms with Gasteiger partial charge in [0.1, 0.15) is 0 Å². The van der Waals surface area contributed by atoms with Crippen molar-refractivity contribution in [3.63, 3.8) is 0 Å². The minimum atomic E-state index is -0.0461. The number of nitrogens with zero attached hydrogens (tertiary/aromatic N) is 3. The largest absolute Gasteiger partial charge is 0.341 e. The zero-order valence-electron chi connectivity index (χ0n) is 20.0. The second kappa shape index (κ2) is 11.6. The third-order valence-electron chi connectivity index (χ3n) is 6.76. The third kappa shape index (κ3) is 6.02. The molecule has 0 aliphatic carbocycles. The third-order valence-corrected chi connectivity index (χ3v) is 7.08. The zero-order chi connectivity index (χ0) is 23.9. The van der Waals surface area contributed by atoms with Crippen LogP contribution in [0.3, 0.4) is 0 Å². The fourth-order valence-corrected chi connectivity index (χ4v) is 4.97. The molecule has 1 N–H and O–H groups in total. The Labute approximate surface area is 206 Å². The number of fused-ring (bicyclic) bond motifs is 1. The van der Waals surface area contributed by atoms with Crippen molar-refractivity contribution in [2.24, 2.45) is 0 Å². The number of carbonyl (C=O) groups is 1. The first-order valence-corrected chi connectivity index (χ1v) is 12.7. The molecule has 1 aliphatic heterocycles. The Morgan fingerprint density at radius 2 is 1.76 bits per heavy atom. The molecule has 34 heavy (non-hydrogen) atoms. The molecule has 0 spiro atoms. The van der Waals surface area contributed by atoms with Gasteiger partial charge in [-0.3, -0.25) is 19.1 Å². The number of rotatable bonds is 8. The molecule has 2 aromatic carbocycles. The molecule has 0 radical (unpaired) electrons. The molecular weight excluding hydrogens is 444 g/mol. The quantitative estimate of drug-likeness (QED) is 0.378. The molecule has 1 amide bonds.